The van der Waals surface area contributed by atoms with Crippen molar-refractivity contribution in [2.75, 3.05) is 20.1 Å². The smallest absolute Gasteiger partial charge is 0.315 e. The van der Waals surface area contributed by atoms with E-state index < -0.39 is 6.04 Å². The molecule has 0 saturated carbocycles. The molecule has 0 radical (unpaired) electrons. The molecule has 0 spiro atoms. The standard InChI is InChI=1S/C23H35N5O3/c1-16(2)14-19(27-23(30)26-15-18-10-6-5-7-11-18)22-28-20(17(3)31-22)21(29)25-13-9-8-12-24-4/h5-7,10-11,16,19,24H,8-9,12-15H2,1-4H3,(H,25,29)(H2,26,27,30)/t19-/m0/s1. The maximum atomic E-state index is 12.5. The Labute approximate surface area is 184 Å². The van der Waals surface area contributed by atoms with Gasteiger partial charge in [0.2, 0.25) is 5.89 Å². The van der Waals surface area contributed by atoms with Crippen molar-refractivity contribution in [3.63, 3.8) is 0 Å². The number of rotatable bonds is 12. The third kappa shape index (κ3) is 8.41. The topological polar surface area (TPSA) is 108 Å². The lowest BCUT2D eigenvalue weighted by atomic mass is 10.0. The molecule has 1 heterocycles. The molecule has 170 valence electrons. The predicted octanol–water partition coefficient (Wildman–Crippen LogP) is 3.30. The molecule has 0 aliphatic carbocycles. The lowest BCUT2D eigenvalue weighted by Crippen LogP contribution is -2.38. The van der Waals surface area contributed by atoms with Crippen molar-refractivity contribution >= 4 is 11.9 Å². The summed E-state index contributed by atoms with van der Waals surface area (Å²) in [4.78, 5) is 29.4. The summed E-state index contributed by atoms with van der Waals surface area (Å²) in [7, 11) is 1.91. The van der Waals surface area contributed by atoms with Crippen LogP contribution in [0.2, 0.25) is 0 Å². The van der Waals surface area contributed by atoms with Gasteiger partial charge in [-0.05, 0) is 51.3 Å². The van der Waals surface area contributed by atoms with Crippen LogP contribution < -0.4 is 21.3 Å². The molecule has 1 atom stereocenters. The molecular formula is C23H35N5O3. The first-order valence-corrected chi connectivity index (χ1v) is 10.9. The summed E-state index contributed by atoms with van der Waals surface area (Å²) >= 11 is 0. The van der Waals surface area contributed by atoms with E-state index in [1.165, 1.54) is 0 Å². The van der Waals surface area contributed by atoms with Crippen LogP contribution in [0.4, 0.5) is 4.79 Å². The van der Waals surface area contributed by atoms with Crippen LogP contribution in [0.5, 0.6) is 0 Å². The second kappa shape index (κ2) is 12.7. The van der Waals surface area contributed by atoms with E-state index in [2.05, 4.69) is 40.1 Å². The molecule has 0 unspecified atom stereocenters. The minimum absolute atomic E-state index is 0.256. The number of aryl methyl sites for hydroxylation is 1. The van der Waals surface area contributed by atoms with Crippen LogP contribution in [-0.2, 0) is 6.54 Å². The number of aromatic nitrogens is 1. The number of nitrogens with zero attached hydrogens (tertiary/aromatic N) is 1. The van der Waals surface area contributed by atoms with Crippen LogP contribution in [0.1, 0.15) is 66.9 Å². The van der Waals surface area contributed by atoms with Gasteiger partial charge in [0.25, 0.3) is 5.91 Å². The molecule has 2 rings (SSSR count). The summed E-state index contributed by atoms with van der Waals surface area (Å²) < 4.78 is 5.78. The van der Waals surface area contributed by atoms with Crippen molar-refractivity contribution in [1.82, 2.24) is 26.3 Å². The first-order chi connectivity index (χ1) is 14.9. The molecule has 0 bridgehead atoms. The highest BCUT2D eigenvalue weighted by molar-refractivity contribution is 5.93. The van der Waals surface area contributed by atoms with E-state index in [9.17, 15) is 9.59 Å². The van der Waals surface area contributed by atoms with Gasteiger partial charge in [-0.15, -0.1) is 0 Å². The average Bonchev–Trinajstić information content (AvgIpc) is 3.13. The Morgan fingerprint density at radius 3 is 2.45 bits per heavy atom. The zero-order valence-electron chi connectivity index (χ0n) is 19.0. The lowest BCUT2D eigenvalue weighted by Gasteiger charge is -2.18. The van der Waals surface area contributed by atoms with Crippen molar-refractivity contribution in [3.05, 3.63) is 53.2 Å². The molecule has 4 N–H and O–H groups in total. The second-order valence-electron chi connectivity index (χ2n) is 8.02. The maximum absolute atomic E-state index is 12.5. The molecule has 0 fully saturated rings. The van der Waals surface area contributed by atoms with Gasteiger partial charge in [0.1, 0.15) is 11.8 Å². The molecule has 8 heteroatoms. The van der Waals surface area contributed by atoms with Crippen molar-refractivity contribution in [2.45, 2.75) is 52.6 Å². The van der Waals surface area contributed by atoms with Crippen molar-refractivity contribution in [1.29, 1.82) is 0 Å². The number of carbonyl (C=O) groups excluding carboxylic acids is 2. The minimum Gasteiger partial charge on any atom is -0.443 e. The highest BCUT2D eigenvalue weighted by atomic mass is 16.4. The van der Waals surface area contributed by atoms with Crippen LogP contribution in [-0.4, -0.2) is 37.1 Å². The number of amides is 3. The van der Waals surface area contributed by atoms with Gasteiger partial charge in [-0.2, -0.15) is 0 Å². The Morgan fingerprint density at radius 2 is 1.77 bits per heavy atom. The van der Waals surface area contributed by atoms with Crippen molar-refractivity contribution < 1.29 is 14.0 Å². The van der Waals surface area contributed by atoms with Crippen LogP contribution in [0.25, 0.3) is 0 Å². The van der Waals surface area contributed by atoms with Gasteiger partial charge in [-0.1, -0.05) is 44.2 Å². The highest BCUT2D eigenvalue weighted by Gasteiger charge is 2.25. The number of nitrogens with one attached hydrogen (secondary N) is 4. The molecule has 1 aromatic heterocycles. The van der Waals surface area contributed by atoms with E-state index in [1.807, 2.05) is 37.4 Å². The van der Waals surface area contributed by atoms with Gasteiger partial charge < -0.3 is 25.7 Å². The number of carbonyl (C=O) groups is 2. The van der Waals surface area contributed by atoms with Gasteiger partial charge in [0, 0.05) is 13.1 Å². The highest BCUT2D eigenvalue weighted by Crippen LogP contribution is 2.23. The Kier molecular flexibility index (Phi) is 10.0. The zero-order chi connectivity index (χ0) is 22.6. The third-order valence-corrected chi connectivity index (χ3v) is 4.77. The molecule has 0 aliphatic rings. The summed E-state index contributed by atoms with van der Waals surface area (Å²) in [6.07, 6.45) is 2.51. The van der Waals surface area contributed by atoms with Crippen LogP contribution in [0.3, 0.4) is 0 Å². The number of urea groups is 1. The summed E-state index contributed by atoms with van der Waals surface area (Å²) in [5.41, 5.74) is 1.28. The Hall–Kier alpha value is -2.87. The average molecular weight is 430 g/mol. The second-order valence-corrected chi connectivity index (χ2v) is 8.02. The zero-order valence-corrected chi connectivity index (χ0v) is 19.0. The van der Waals surface area contributed by atoms with E-state index in [1.54, 1.807) is 6.92 Å². The Bertz CT molecular complexity index is 820. The van der Waals surface area contributed by atoms with E-state index in [-0.39, 0.29) is 17.6 Å². The van der Waals surface area contributed by atoms with Crippen molar-refractivity contribution in [2.24, 2.45) is 5.92 Å². The fraction of sp³-hybridized carbons (Fsp3) is 0.522. The van der Waals surface area contributed by atoms with E-state index in [0.29, 0.717) is 37.1 Å². The monoisotopic (exact) mass is 429 g/mol. The normalized spacial score (nSPS) is 11.9. The summed E-state index contributed by atoms with van der Waals surface area (Å²) in [5.74, 6) is 0.842. The van der Waals surface area contributed by atoms with E-state index in [0.717, 1.165) is 24.9 Å². The van der Waals surface area contributed by atoms with Crippen molar-refractivity contribution in [3.8, 4) is 0 Å². The van der Waals surface area contributed by atoms with E-state index >= 15 is 0 Å². The first kappa shape index (κ1) is 24.4. The molecule has 2 aromatic rings. The minimum atomic E-state index is -0.424. The fourth-order valence-corrected chi connectivity index (χ4v) is 3.17. The molecule has 0 saturated heterocycles. The molecule has 31 heavy (non-hydrogen) atoms. The fourth-order valence-electron chi connectivity index (χ4n) is 3.17. The Morgan fingerprint density at radius 1 is 1.06 bits per heavy atom. The largest absolute Gasteiger partial charge is 0.443 e. The van der Waals surface area contributed by atoms with Crippen LogP contribution in [0, 0.1) is 12.8 Å². The third-order valence-electron chi connectivity index (χ3n) is 4.77. The van der Waals surface area contributed by atoms with Crippen LogP contribution in [0.15, 0.2) is 34.7 Å². The quantitative estimate of drug-likeness (QED) is 0.387. The van der Waals surface area contributed by atoms with Gasteiger partial charge in [-0.25, -0.2) is 9.78 Å². The SMILES string of the molecule is CNCCCCNC(=O)c1nc([C@H](CC(C)C)NC(=O)NCc2ccccc2)oc1C. The molecular weight excluding hydrogens is 394 g/mol. The number of unbranched alkanes of at least 4 members (excludes halogenated alkanes) is 1. The summed E-state index contributed by atoms with van der Waals surface area (Å²) in [6.45, 7) is 7.76. The number of oxazole rings is 1. The predicted molar refractivity (Wildman–Crippen MR) is 121 cm³/mol. The van der Waals surface area contributed by atoms with Crippen LogP contribution >= 0.6 is 0 Å². The number of benzene rings is 1. The summed E-state index contributed by atoms with van der Waals surface area (Å²) in [6, 6.07) is 8.97. The Balaban J connectivity index is 1.98. The van der Waals surface area contributed by atoms with Gasteiger partial charge >= 0.3 is 6.03 Å². The number of hydrogen-bond donors (Lipinski definition) is 4. The molecule has 1 aromatic carbocycles. The first-order valence-electron chi connectivity index (χ1n) is 10.9. The summed E-state index contributed by atoms with van der Waals surface area (Å²) in [5, 5.41) is 11.8. The van der Waals surface area contributed by atoms with Gasteiger partial charge in [-0.3, -0.25) is 4.79 Å². The molecule has 3 amide bonds. The van der Waals surface area contributed by atoms with E-state index in [4.69, 9.17) is 4.42 Å². The molecule has 0 aliphatic heterocycles. The van der Waals surface area contributed by atoms with Gasteiger partial charge in [0.15, 0.2) is 5.69 Å². The molecule has 8 nitrogen and oxygen atoms in total. The number of hydrogen-bond acceptors (Lipinski definition) is 5. The lowest BCUT2D eigenvalue weighted by molar-refractivity contribution is 0.0947. The maximum Gasteiger partial charge on any atom is 0.315 e. The van der Waals surface area contributed by atoms with Gasteiger partial charge in [0.05, 0.1) is 0 Å².